The molecular weight excluding hydrogens is 438 g/mol. The number of hydrogen-bond acceptors (Lipinski definition) is 5. The van der Waals surface area contributed by atoms with Crippen molar-refractivity contribution in [2.75, 3.05) is 24.9 Å². The number of nitrogens with zero attached hydrogens (tertiary/aromatic N) is 1. The maximum absolute atomic E-state index is 13.2. The van der Waals surface area contributed by atoms with Crippen LogP contribution in [0.1, 0.15) is 27.7 Å². The molecule has 0 aliphatic rings. The van der Waals surface area contributed by atoms with E-state index >= 15 is 0 Å². The Morgan fingerprint density at radius 1 is 0.743 bits per heavy atom. The van der Waals surface area contributed by atoms with Gasteiger partial charge in [-0.05, 0) is 54.6 Å². The van der Waals surface area contributed by atoms with Crippen LogP contribution < -0.4 is 10.6 Å². The van der Waals surface area contributed by atoms with E-state index in [0.717, 1.165) is 16.9 Å². The van der Waals surface area contributed by atoms with Crippen molar-refractivity contribution in [3.8, 4) is 0 Å². The number of carbonyl (C=O) groups excluding carboxylic acids is 1. The van der Waals surface area contributed by atoms with Gasteiger partial charge >= 0.3 is 0 Å². The highest BCUT2D eigenvalue weighted by molar-refractivity contribution is 6.06. The molecule has 0 saturated heterocycles. The lowest BCUT2D eigenvalue weighted by Crippen LogP contribution is -2.18. The van der Waals surface area contributed by atoms with Crippen LogP contribution in [0.25, 0.3) is 0 Å². The summed E-state index contributed by atoms with van der Waals surface area (Å²) in [7, 11) is 3.18. The number of methoxy groups -OCH3 is 2. The largest absolute Gasteiger partial charge is 0.481 e. The van der Waals surface area contributed by atoms with Gasteiger partial charge in [0.05, 0.1) is 12.8 Å². The number of aliphatic imine (C=N–C) groups is 1. The van der Waals surface area contributed by atoms with Gasteiger partial charge in [-0.2, -0.15) is 0 Å². The van der Waals surface area contributed by atoms with E-state index in [4.69, 9.17) is 9.47 Å². The fourth-order valence-corrected chi connectivity index (χ4v) is 3.59. The Morgan fingerprint density at radius 2 is 1.31 bits per heavy atom. The lowest BCUT2D eigenvalue weighted by molar-refractivity contribution is 0.102. The molecule has 0 aliphatic heterocycles. The second-order valence-corrected chi connectivity index (χ2v) is 7.75. The van der Waals surface area contributed by atoms with Gasteiger partial charge in [-0.15, -0.1) is 0 Å². The molecule has 4 rings (SSSR count). The summed E-state index contributed by atoms with van der Waals surface area (Å²) in [6.07, 6.45) is -0.504. The first kappa shape index (κ1) is 23.7. The van der Waals surface area contributed by atoms with Crippen LogP contribution in [0.3, 0.4) is 0 Å². The quantitative estimate of drug-likeness (QED) is 0.179. The van der Waals surface area contributed by atoms with Crippen LogP contribution in [-0.4, -0.2) is 26.0 Å². The molecule has 1 amide bonds. The Hall–Kier alpha value is -4.42. The van der Waals surface area contributed by atoms with E-state index in [-0.39, 0.29) is 5.91 Å². The topological polar surface area (TPSA) is 72.0 Å². The van der Waals surface area contributed by atoms with Crippen molar-refractivity contribution in [1.29, 1.82) is 0 Å². The molecule has 2 N–H and O–H groups in total. The van der Waals surface area contributed by atoms with Crippen LogP contribution in [0.4, 0.5) is 17.1 Å². The molecule has 6 nitrogen and oxygen atoms in total. The molecule has 0 fully saturated rings. The molecule has 0 radical (unpaired) electrons. The van der Waals surface area contributed by atoms with Crippen molar-refractivity contribution in [3.63, 3.8) is 0 Å². The van der Waals surface area contributed by atoms with Crippen molar-refractivity contribution in [1.82, 2.24) is 0 Å². The van der Waals surface area contributed by atoms with Crippen LogP contribution >= 0.6 is 0 Å². The Balaban J connectivity index is 1.75. The molecule has 0 heterocycles. The van der Waals surface area contributed by atoms with Gasteiger partial charge in [0.25, 0.3) is 5.91 Å². The van der Waals surface area contributed by atoms with E-state index in [2.05, 4.69) is 15.6 Å². The smallest absolute Gasteiger partial charge is 0.255 e. The van der Waals surface area contributed by atoms with Crippen LogP contribution in [0, 0.1) is 0 Å². The van der Waals surface area contributed by atoms with Crippen LogP contribution in [0.2, 0.25) is 0 Å². The SMILES string of the molecule is CO/C(=N\c1ccccc1)c1cc(C(=O)Nc2ccccc2)cc(C(Nc2ccccc2)OC)c1. The lowest BCUT2D eigenvalue weighted by atomic mass is 10.0. The predicted molar refractivity (Wildman–Crippen MR) is 140 cm³/mol. The monoisotopic (exact) mass is 465 g/mol. The van der Waals surface area contributed by atoms with Gasteiger partial charge in [-0.1, -0.05) is 54.6 Å². The molecule has 35 heavy (non-hydrogen) atoms. The first-order valence-corrected chi connectivity index (χ1v) is 11.2. The molecule has 0 bridgehead atoms. The van der Waals surface area contributed by atoms with Crippen molar-refractivity contribution in [2.45, 2.75) is 6.23 Å². The van der Waals surface area contributed by atoms with Crippen LogP contribution in [0.5, 0.6) is 0 Å². The Morgan fingerprint density at radius 3 is 1.91 bits per heavy atom. The minimum absolute atomic E-state index is 0.246. The zero-order valence-corrected chi connectivity index (χ0v) is 19.6. The minimum Gasteiger partial charge on any atom is -0.481 e. The van der Waals surface area contributed by atoms with Crippen molar-refractivity contribution in [3.05, 3.63) is 126 Å². The molecule has 1 unspecified atom stereocenters. The van der Waals surface area contributed by atoms with Gasteiger partial charge < -0.3 is 20.1 Å². The van der Waals surface area contributed by atoms with Gasteiger partial charge in [0, 0.05) is 35.2 Å². The summed E-state index contributed by atoms with van der Waals surface area (Å²) in [4.78, 5) is 17.8. The summed E-state index contributed by atoms with van der Waals surface area (Å²) in [6, 6.07) is 34.1. The normalized spacial score (nSPS) is 12.0. The summed E-state index contributed by atoms with van der Waals surface area (Å²) in [5.41, 5.74) is 4.21. The Labute approximate surface area is 205 Å². The third kappa shape index (κ3) is 6.34. The molecule has 6 heteroatoms. The number of benzene rings is 4. The Bertz CT molecular complexity index is 1280. The fraction of sp³-hybridized carbons (Fsp3) is 0.103. The summed E-state index contributed by atoms with van der Waals surface area (Å²) in [5.74, 6) is 0.144. The third-order valence-corrected chi connectivity index (χ3v) is 5.29. The van der Waals surface area contributed by atoms with Crippen molar-refractivity contribution >= 4 is 28.9 Å². The van der Waals surface area contributed by atoms with Gasteiger partial charge in [0.2, 0.25) is 5.90 Å². The third-order valence-electron chi connectivity index (χ3n) is 5.29. The number of nitrogens with one attached hydrogen (secondary N) is 2. The fourth-order valence-electron chi connectivity index (χ4n) is 3.59. The van der Waals surface area contributed by atoms with E-state index in [1.807, 2.05) is 103 Å². The highest BCUT2D eigenvalue weighted by Gasteiger charge is 2.18. The molecule has 4 aromatic rings. The molecular formula is C29H27N3O3. The number of para-hydroxylation sites is 3. The first-order valence-electron chi connectivity index (χ1n) is 11.2. The number of ether oxygens (including phenoxy) is 2. The summed E-state index contributed by atoms with van der Waals surface area (Å²) in [6.45, 7) is 0. The number of anilines is 2. The molecule has 0 spiro atoms. The van der Waals surface area contributed by atoms with Crippen molar-refractivity contribution < 1.29 is 14.3 Å². The zero-order chi connectivity index (χ0) is 24.5. The van der Waals surface area contributed by atoms with Crippen molar-refractivity contribution in [2.24, 2.45) is 4.99 Å². The highest BCUT2D eigenvalue weighted by atomic mass is 16.5. The number of rotatable bonds is 8. The average molecular weight is 466 g/mol. The minimum atomic E-state index is -0.504. The molecule has 4 aromatic carbocycles. The zero-order valence-electron chi connectivity index (χ0n) is 19.6. The maximum atomic E-state index is 13.2. The molecule has 1 atom stereocenters. The lowest BCUT2D eigenvalue weighted by Gasteiger charge is -2.21. The summed E-state index contributed by atoms with van der Waals surface area (Å²) in [5, 5.41) is 6.31. The molecule has 0 aliphatic carbocycles. The van der Waals surface area contributed by atoms with Gasteiger partial charge in [-0.3, -0.25) is 4.79 Å². The maximum Gasteiger partial charge on any atom is 0.255 e. The Kier molecular flexibility index (Phi) is 7.88. The van der Waals surface area contributed by atoms with E-state index in [0.29, 0.717) is 22.7 Å². The number of amides is 1. The van der Waals surface area contributed by atoms with Gasteiger partial charge in [0.1, 0.15) is 0 Å². The van der Waals surface area contributed by atoms with E-state index in [9.17, 15) is 4.79 Å². The first-order chi connectivity index (χ1) is 17.2. The van der Waals surface area contributed by atoms with Crippen LogP contribution in [0.15, 0.2) is 114 Å². The number of carbonyl (C=O) groups is 1. The summed E-state index contributed by atoms with van der Waals surface area (Å²) >= 11 is 0. The predicted octanol–water partition coefficient (Wildman–Crippen LogP) is 6.42. The van der Waals surface area contributed by atoms with Gasteiger partial charge in [-0.25, -0.2) is 4.99 Å². The number of hydrogen-bond donors (Lipinski definition) is 2. The van der Waals surface area contributed by atoms with Crippen LogP contribution in [-0.2, 0) is 9.47 Å². The van der Waals surface area contributed by atoms with E-state index < -0.39 is 6.23 Å². The van der Waals surface area contributed by atoms with E-state index in [1.54, 1.807) is 20.3 Å². The second kappa shape index (κ2) is 11.6. The standard InChI is InChI=1S/C29H27N3O3/c1-34-28(31-25-14-8-4-9-15-25)22-18-21(27(33)30-24-12-6-3-7-13-24)19-23(20-22)29(35-2)32-26-16-10-5-11-17-26/h3-20,28,31H,1-2H3,(H,30,33)/b32-29-. The van der Waals surface area contributed by atoms with Gasteiger partial charge in [0.15, 0.2) is 6.23 Å². The van der Waals surface area contributed by atoms with E-state index in [1.165, 1.54) is 0 Å². The second-order valence-electron chi connectivity index (χ2n) is 7.75. The molecule has 0 saturated carbocycles. The molecule has 176 valence electrons. The summed E-state index contributed by atoms with van der Waals surface area (Å²) < 4.78 is 11.4. The molecule has 0 aromatic heterocycles. The average Bonchev–Trinajstić information content (AvgIpc) is 2.91. The highest BCUT2D eigenvalue weighted by Crippen LogP contribution is 2.25.